The summed E-state index contributed by atoms with van der Waals surface area (Å²) in [6.45, 7) is 1.60. The number of halogens is 3. The molecule has 1 aromatic carbocycles. The van der Waals surface area contributed by atoms with Crippen molar-refractivity contribution in [3.05, 3.63) is 28.5 Å². The third-order valence-corrected chi connectivity index (χ3v) is 5.16. The summed E-state index contributed by atoms with van der Waals surface area (Å²) in [7, 11) is 0. The van der Waals surface area contributed by atoms with Gasteiger partial charge < -0.3 is 10.6 Å². The largest absolute Gasteiger partial charge is 0.323 e. The fraction of sp³-hybridized carbons (Fsp3) is 0.533. The molecule has 1 aromatic rings. The van der Waals surface area contributed by atoms with E-state index in [0.29, 0.717) is 12.5 Å². The number of hydrogen-bond donors (Lipinski definition) is 2. The van der Waals surface area contributed by atoms with E-state index in [0.717, 1.165) is 30.3 Å². The number of rotatable bonds is 2. The number of carbonyl (C=O) groups excluding carboxylic acids is 1. The number of benzene rings is 1. The van der Waals surface area contributed by atoms with Gasteiger partial charge in [0.2, 0.25) is 5.91 Å². The van der Waals surface area contributed by atoms with Crippen LogP contribution in [0.25, 0.3) is 0 Å². The maximum absolute atomic E-state index is 13.8. The molecule has 1 saturated carbocycles. The molecule has 1 amide bonds. The molecule has 1 saturated heterocycles. The normalized spacial score (nSPS) is 27.6. The van der Waals surface area contributed by atoms with Crippen LogP contribution in [0, 0.1) is 17.2 Å². The number of hydrogen-bond acceptors (Lipinski definition) is 2. The van der Waals surface area contributed by atoms with Crippen molar-refractivity contribution >= 4 is 39.9 Å². The molecular formula is C15H19BrClFN2O. The van der Waals surface area contributed by atoms with Gasteiger partial charge in [0.25, 0.3) is 0 Å². The number of amides is 1. The quantitative estimate of drug-likeness (QED) is 0.824. The number of nitrogens with one attached hydrogen (secondary N) is 2. The molecule has 2 N–H and O–H groups in total. The predicted molar refractivity (Wildman–Crippen MR) is 87.2 cm³/mol. The van der Waals surface area contributed by atoms with E-state index in [1.807, 2.05) is 0 Å². The summed E-state index contributed by atoms with van der Waals surface area (Å²) < 4.78 is 14.5. The molecule has 116 valence electrons. The summed E-state index contributed by atoms with van der Waals surface area (Å²) in [5.74, 6) is -0.0491. The Morgan fingerprint density at radius 1 is 1.43 bits per heavy atom. The Morgan fingerprint density at radius 2 is 2.24 bits per heavy atom. The van der Waals surface area contributed by atoms with E-state index in [9.17, 15) is 9.18 Å². The van der Waals surface area contributed by atoms with Gasteiger partial charge in [0.15, 0.2) is 0 Å². The van der Waals surface area contributed by atoms with Crippen LogP contribution in [0.2, 0.25) is 0 Å². The van der Waals surface area contributed by atoms with E-state index < -0.39 is 5.82 Å². The van der Waals surface area contributed by atoms with Crippen molar-refractivity contribution in [1.29, 1.82) is 0 Å². The molecule has 1 heterocycles. The van der Waals surface area contributed by atoms with Gasteiger partial charge in [-0.2, -0.15) is 0 Å². The summed E-state index contributed by atoms with van der Waals surface area (Å²) in [6.07, 6.45) is 4.24. The molecule has 0 spiro atoms. The summed E-state index contributed by atoms with van der Waals surface area (Å²) in [4.78, 5) is 12.7. The standard InChI is InChI=1S/C15H18BrFN2O.ClH/c16-11-4-5-12(17)13(7-11)19-14(20)15-6-2-1-3-10(15)8-18-9-15;/h4-5,7,10,18H,1-3,6,8-9H2,(H,19,20);1H/t10-,15+;/m0./s1. The molecule has 1 aliphatic heterocycles. The van der Waals surface area contributed by atoms with Gasteiger partial charge >= 0.3 is 0 Å². The first-order valence-electron chi connectivity index (χ1n) is 7.09. The van der Waals surface area contributed by atoms with Crippen LogP contribution < -0.4 is 10.6 Å². The van der Waals surface area contributed by atoms with E-state index >= 15 is 0 Å². The lowest BCUT2D eigenvalue weighted by Crippen LogP contribution is -2.44. The Labute approximate surface area is 138 Å². The highest BCUT2D eigenvalue weighted by Gasteiger charge is 2.49. The highest BCUT2D eigenvalue weighted by molar-refractivity contribution is 9.10. The minimum atomic E-state index is -0.392. The van der Waals surface area contributed by atoms with Gasteiger partial charge in [-0.1, -0.05) is 28.8 Å². The van der Waals surface area contributed by atoms with Crippen molar-refractivity contribution < 1.29 is 9.18 Å². The zero-order valence-corrected chi connectivity index (χ0v) is 14.0. The van der Waals surface area contributed by atoms with Crippen molar-refractivity contribution in [3.63, 3.8) is 0 Å². The van der Waals surface area contributed by atoms with Gasteiger partial charge in [0, 0.05) is 11.0 Å². The van der Waals surface area contributed by atoms with Crippen LogP contribution in [0.15, 0.2) is 22.7 Å². The lowest BCUT2D eigenvalue weighted by molar-refractivity contribution is -0.128. The van der Waals surface area contributed by atoms with Gasteiger partial charge in [-0.15, -0.1) is 12.4 Å². The van der Waals surface area contributed by atoms with Crippen molar-refractivity contribution in [2.24, 2.45) is 11.3 Å². The zero-order chi connectivity index (χ0) is 14.2. The molecule has 2 aliphatic rings. The first-order valence-corrected chi connectivity index (χ1v) is 7.88. The third kappa shape index (κ3) is 3.10. The first kappa shape index (κ1) is 16.7. The van der Waals surface area contributed by atoms with E-state index in [1.165, 1.54) is 12.5 Å². The summed E-state index contributed by atoms with van der Waals surface area (Å²) in [5, 5.41) is 6.13. The monoisotopic (exact) mass is 376 g/mol. The Kier molecular flexibility index (Phi) is 5.28. The highest BCUT2D eigenvalue weighted by Crippen LogP contribution is 2.44. The Balaban J connectivity index is 0.00000161. The minimum absolute atomic E-state index is 0. The topological polar surface area (TPSA) is 41.1 Å². The molecule has 0 aromatic heterocycles. The van der Waals surface area contributed by atoms with Crippen molar-refractivity contribution in [2.45, 2.75) is 25.7 Å². The fourth-order valence-corrected chi connectivity index (χ4v) is 3.89. The van der Waals surface area contributed by atoms with Gasteiger partial charge in [0.05, 0.1) is 11.1 Å². The van der Waals surface area contributed by atoms with E-state index in [2.05, 4.69) is 26.6 Å². The first-order chi connectivity index (χ1) is 9.62. The number of fused-ring (bicyclic) bond motifs is 1. The van der Waals surface area contributed by atoms with Crippen LogP contribution in [0.5, 0.6) is 0 Å². The lowest BCUT2D eigenvalue weighted by Gasteiger charge is -2.37. The van der Waals surface area contributed by atoms with Crippen molar-refractivity contribution in [1.82, 2.24) is 5.32 Å². The Bertz CT molecular complexity index is 542. The predicted octanol–water partition coefficient (Wildman–Crippen LogP) is 3.73. The molecule has 21 heavy (non-hydrogen) atoms. The number of anilines is 1. The van der Waals surface area contributed by atoms with E-state index in [-0.39, 0.29) is 29.4 Å². The second kappa shape index (κ2) is 6.63. The van der Waals surface area contributed by atoms with Crippen molar-refractivity contribution in [2.75, 3.05) is 18.4 Å². The molecule has 3 nitrogen and oxygen atoms in total. The van der Waals surface area contributed by atoms with Crippen LogP contribution in [0.4, 0.5) is 10.1 Å². The molecular weight excluding hydrogens is 359 g/mol. The molecule has 6 heteroatoms. The van der Waals surface area contributed by atoms with Crippen molar-refractivity contribution in [3.8, 4) is 0 Å². The van der Waals surface area contributed by atoms with Crippen LogP contribution in [-0.4, -0.2) is 19.0 Å². The van der Waals surface area contributed by atoms with Gasteiger partial charge in [-0.3, -0.25) is 4.79 Å². The SMILES string of the molecule is Cl.O=C(Nc1cc(Br)ccc1F)[C@@]12CCCC[C@H]1CNC2. The molecule has 1 aliphatic carbocycles. The average molecular weight is 378 g/mol. The second-order valence-corrected chi connectivity index (χ2v) is 6.72. The Hall–Kier alpha value is -0.650. The molecule has 3 rings (SSSR count). The Morgan fingerprint density at radius 3 is 3.05 bits per heavy atom. The van der Waals surface area contributed by atoms with Gasteiger partial charge in [0.1, 0.15) is 5.82 Å². The maximum atomic E-state index is 13.8. The van der Waals surface area contributed by atoms with Gasteiger partial charge in [-0.05, 0) is 43.5 Å². The number of carbonyl (C=O) groups is 1. The third-order valence-electron chi connectivity index (χ3n) is 4.67. The van der Waals surface area contributed by atoms with Crippen LogP contribution in [0.1, 0.15) is 25.7 Å². The smallest absolute Gasteiger partial charge is 0.232 e. The fourth-order valence-electron chi connectivity index (χ4n) is 3.53. The molecule has 2 fully saturated rings. The summed E-state index contributed by atoms with van der Waals surface area (Å²) >= 11 is 3.31. The van der Waals surface area contributed by atoms with Crippen LogP contribution in [-0.2, 0) is 4.79 Å². The summed E-state index contributed by atoms with van der Waals surface area (Å²) in [6, 6.07) is 4.61. The second-order valence-electron chi connectivity index (χ2n) is 5.81. The maximum Gasteiger partial charge on any atom is 0.232 e. The molecule has 0 radical (unpaired) electrons. The van der Waals surface area contributed by atoms with Crippen LogP contribution in [0.3, 0.4) is 0 Å². The highest BCUT2D eigenvalue weighted by atomic mass is 79.9. The summed E-state index contributed by atoms with van der Waals surface area (Å²) in [5.41, 5.74) is -0.0949. The van der Waals surface area contributed by atoms with Crippen LogP contribution >= 0.6 is 28.3 Å². The zero-order valence-electron chi connectivity index (χ0n) is 11.6. The van der Waals surface area contributed by atoms with Gasteiger partial charge in [-0.25, -0.2) is 4.39 Å². The molecule has 0 bridgehead atoms. The molecule has 0 unspecified atom stereocenters. The lowest BCUT2D eigenvalue weighted by atomic mass is 9.67. The minimum Gasteiger partial charge on any atom is -0.323 e. The average Bonchev–Trinajstić information content (AvgIpc) is 2.88. The van der Waals surface area contributed by atoms with E-state index in [4.69, 9.17) is 0 Å². The van der Waals surface area contributed by atoms with E-state index in [1.54, 1.807) is 12.1 Å². The molecule has 2 atom stereocenters.